The summed E-state index contributed by atoms with van der Waals surface area (Å²) in [5, 5.41) is 26.2. The maximum Gasteiger partial charge on any atom is 0.255 e. The predicted octanol–water partition coefficient (Wildman–Crippen LogP) is 1.76. The lowest BCUT2D eigenvalue weighted by atomic mass is 9.99. The van der Waals surface area contributed by atoms with Crippen molar-refractivity contribution in [3.63, 3.8) is 0 Å². The fourth-order valence-electron chi connectivity index (χ4n) is 6.24. The number of rotatable bonds is 4. The van der Waals surface area contributed by atoms with Gasteiger partial charge in [-0.15, -0.1) is 0 Å². The Morgan fingerprint density at radius 1 is 1.07 bits per heavy atom. The number of likely N-dealkylation sites (tertiary alicyclic amines) is 1. The van der Waals surface area contributed by atoms with Gasteiger partial charge in [0.05, 0.1) is 49.0 Å². The average Bonchev–Trinajstić information content (AvgIpc) is 3.61. The molecule has 228 valence electrons. The summed E-state index contributed by atoms with van der Waals surface area (Å²) in [6.45, 7) is 1.51. The number of hydrogen-bond donors (Lipinski definition) is 4. The number of nitrogens with one attached hydrogen (secondary N) is 2. The number of amides is 2. The summed E-state index contributed by atoms with van der Waals surface area (Å²) in [5.74, 6) is 0.0668. The Bertz CT molecular complexity index is 1440. The van der Waals surface area contributed by atoms with Crippen LogP contribution in [0.5, 0.6) is 5.75 Å². The summed E-state index contributed by atoms with van der Waals surface area (Å²) in [6.07, 6.45) is 4.50. The van der Waals surface area contributed by atoms with Gasteiger partial charge in [-0.2, -0.15) is 0 Å². The molecule has 2 amide bonds. The molecule has 0 saturated carbocycles. The second-order valence-electron chi connectivity index (χ2n) is 11.7. The van der Waals surface area contributed by atoms with E-state index < -0.39 is 18.2 Å². The third kappa shape index (κ3) is 6.59. The molecule has 2 aromatic carbocycles. The van der Waals surface area contributed by atoms with Gasteiger partial charge in [0.15, 0.2) is 0 Å². The van der Waals surface area contributed by atoms with Crippen molar-refractivity contribution in [3.05, 3.63) is 71.8 Å². The zero-order valence-corrected chi connectivity index (χ0v) is 24.3. The molecule has 0 radical (unpaired) electrons. The van der Waals surface area contributed by atoms with E-state index in [-0.39, 0.29) is 37.1 Å². The van der Waals surface area contributed by atoms with E-state index in [2.05, 4.69) is 20.5 Å². The SMILES string of the molecule is Cn1cncc1CN1C[C@@H]2C[C@H]1C(=O)NC[C@H]1O[C@H](CCOc3cc(-c4ccc(CO)cc4)ccc3C(=O)N2)CC[C@@H]1O. The maximum atomic E-state index is 13.7. The second kappa shape index (κ2) is 12.8. The molecule has 0 aliphatic carbocycles. The largest absolute Gasteiger partial charge is 0.493 e. The van der Waals surface area contributed by atoms with Crippen molar-refractivity contribution < 1.29 is 29.3 Å². The lowest BCUT2D eigenvalue weighted by Gasteiger charge is -2.34. The Kier molecular flexibility index (Phi) is 8.75. The van der Waals surface area contributed by atoms with Crippen LogP contribution in [0.15, 0.2) is 55.0 Å². The number of aryl methyl sites for hydroxylation is 1. The van der Waals surface area contributed by atoms with Crippen molar-refractivity contribution in [2.24, 2.45) is 7.05 Å². The van der Waals surface area contributed by atoms with Crippen molar-refractivity contribution in [1.82, 2.24) is 25.1 Å². The Hall–Kier alpha value is -3.77. The van der Waals surface area contributed by atoms with Crippen LogP contribution in [0.1, 0.15) is 47.3 Å². The molecule has 0 unspecified atom stereocenters. The fourth-order valence-corrected chi connectivity index (χ4v) is 6.24. The van der Waals surface area contributed by atoms with Crippen molar-refractivity contribution >= 4 is 11.8 Å². The molecular weight excluding hydrogens is 550 g/mol. The van der Waals surface area contributed by atoms with Crippen LogP contribution in [-0.4, -0.2) is 86.6 Å². The first-order chi connectivity index (χ1) is 20.9. The van der Waals surface area contributed by atoms with Crippen molar-refractivity contribution in [2.45, 2.75) is 69.2 Å². The minimum atomic E-state index is -0.655. The zero-order valence-electron chi connectivity index (χ0n) is 24.3. The molecule has 1 aromatic heterocycles. The Morgan fingerprint density at radius 2 is 1.88 bits per heavy atom. The quantitative estimate of drug-likeness (QED) is 0.361. The van der Waals surface area contributed by atoms with Gasteiger partial charge in [0.25, 0.3) is 5.91 Å². The van der Waals surface area contributed by atoms with Gasteiger partial charge in [-0.1, -0.05) is 30.3 Å². The van der Waals surface area contributed by atoms with Crippen LogP contribution in [0.4, 0.5) is 0 Å². The van der Waals surface area contributed by atoms with Crippen molar-refractivity contribution in [2.75, 3.05) is 19.7 Å². The van der Waals surface area contributed by atoms with E-state index in [4.69, 9.17) is 9.47 Å². The van der Waals surface area contributed by atoms with Crippen LogP contribution in [0.25, 0.3) is 11.1 Å². The molecular formula is C32H39N5O6. The predicted molar refractivity (Wildman–Crippen MR) is 158 cm³/mol. The molecule has 11 nitrogen and oxygen atoms in total. The highest BCUT2D eigenvalue weighted by Crippen LogP contribution is 2.30. The van der Waals surface area contributed by atoms with E-state index in [1.165, 1.54) is 0 Å². The summed E-state index contributed by atoms with van der Waals surface area (Å²) >= 11 is 0. The van der Waals surface area contributed by atoms with E-state index in [0.29, 0.717) is 56.7 Å². The van der Waals surface area contributed by atoms with E-state index in [1.807, 2.05) is 48.0 Å². The number of carbonyl (C=O) groups is 2. The highest BCUT2D eigenvalue weighted by atomic mass is 16.5. The summed E-state index contributed by atoms with van der Waals surface area (Å²) in [7, 11) is 1.92. The van der Waals surface area contributed by atoms with Crippen LogP contribution in [0.3, 0.4) is 0 Å². The van der Waals surface area contributed by atoms with Crippen molar-refractivity contribution in [1.29, 1.82) is 0 Å². The van der Waals surface area contributed by atoms with E-state index in [0.717, 1.165) is 22.4 Å². The number of aliphatic hydroxyl groups excluding tert-OH is 2. The molecule has 2 saturated heterocycles. The van der Waals surface area contributed by atoms with Gasteiger partial charge < -0.3 is 34.9 Å². The molecule has 3 aliphatic heterocycles. The molecule has 3 aliphatic rings. The van der Waals surface area contributed by atoms with Crippen LogP contribution >= 0.6 is 0 Å². The molecule has 43 heavy (non-hydrogen) atoms. The molecule has 4 N–H and O–H groups in total. The minimum absolute atomic E-state index is 0.0297. The number of benzene rings is 2. The molecule has 2 fully saturated rings. The summed E-state index contributed by atoms with van der Waals surface area (Å²) < 4.78 is 14.4. The first-order valence-electron chi connectivity index (χ1n) is 15.0. The van der Waals surface area contributed by atoms with Crippen LogP contribution in [0.2, 0.25) is 0 Å². The zero-order chi connectivity index (χ0) is 29.9. The number of aromatic nitrogens is 2. The van der Waals surface area contributed by atoms with Crippen LogP contribution in [0, 0.1) is 0 Å². The average molecular weight is 590 g/mol. The summed E-state index contributed by atoms with van der Waals surface area (Å²) in [6, 6.07) is 12.4. The number of fused-ring (bicyclic) bond motifs is 5. The molecule has 4 heterocycles. The standard InChI is InChI=1S/C32H39N5O6/c1-36-19-33-14-24(36)17-37-16-23-13-27(37)32(41)34-15-30-28(39)9-7-25(43-30)10-11-42-29-12-22(6-8-26(29)31(40)35-23)21-4-2-20(18-38)3-5-21/h2-6,8,12,14,19,23,25,27-28,30,38-39H,7,9-11,13,15-18H2,1H3,(H,34,41)(H,35,40)/t23-,25-,27-,28-,30+/m0/s1. The van der Waals surface area contributed by atoms with E-state index >= 15 is 0 Å². The van der Waals surface area contributed by atoms with Crippen LogP contribution < -0.4 is 15.4 Å². The van der Waals surface area contributed by atoms with Gasteiger partial charge in [-0.3, -0.25) is 14.5 Å². The van der Waals surface area contributed by atoms with Gasteiger partial charge in [-0.25, -0.2) is 4.98 Å². The smallest absolute Gasteiger partial charge is 0.255 e. The number of nitrogens with zero attached hydrogens (tertiary/aromatic N) is 3. The highest BCUT2D eigenvalue weighted by molar-refractivity contribution is 5.98. The molecule has 0 spiro atoms. The topological polar surface area (TPSA) is 138 Å². The normalized spacial score (nSPS) is 26.7. The van der Waals surface area contributed by atoms with Gasteiger partial charge in [0.1, 0.15) is 11.9 Å². The van der Waals surface area contributed by atoms with Gasteiger partial charge in [0, 0.05) is 45.3 Å². The Balaban J connectivity index is 1.29. The van der Waals surface area contributed by atoms with Gasteiger partial charge in [0.2, 0.25) is 5.91 Å². The third-order valence-corrected chi connectivity index (χ3v) is 8.77. The molecule has 3 aromatic rings. The Morgan fingerprint density at radius 3 is 2.65 bits per heavy atom. The first kappa shape index (κ1) is 29.3. The number of ether oxygens (including phenoxy) is 2. The third-order valence-electron chi connectivity index (χ3n) is 8.77. The number of hydrogen-bond acceptors (Lipinski definition) is 8. The monoisotopic (exact) mass is 589 g/mol. The number of carbonyl (C=O) groups excluding carboxylic acids is 2. The van der Waals surface area contributed by atoms with Gasteiger partial charge >= 0.3 is 0 Å². The van der Waals surface area contributed by atoms with Crippen molar-refractivity contribution in [3.8, 4) is 16.9 Å². The number of imidazole rings is 1. The van der Waals surface area contributed by atoms with E-state index in [9.17, 15) is 19.8 Å². The molecule has 4 bridgehead atoms. The second-order valence-corrected chi connectivity index (χ2v) is 11.7. The Labute approximate surface area is 250 Å². The summed E-state index contributed by atoms with van der Waals surface area (Å²) in [5.41, 5.74) is 4.04. The molecule has 11 heteroatoms. The minimum Gasteiger partial charge on any atom is -0.493 e. The first-order valence-corrected chi connectivity index (χ1v) is 15.0. The highest BCUT2D eigenvalue weighted by Gasteiger charge is 2.39. The summed E-state index contributed by atoms with van der Waals surface area (Å²) in [4.78, 5) is 33.4. The lowest BCUT2D eigenvalue weighted by Crippen LogP contribution is -2.50. The van der Waals surface area contributed by atoms with Gasteiger partial charge in [-0.05, 0) is 48.1 Å². The van der Waals surface area contributed by atoms with Crippen LogP contribution in [-0.2, 0) is 29.7 Å². The number of aliphatic hydroxyl groups is 2. The molecule has 5 atom stereocenters. The molecule has 6 rings (SSSR count). The maximum absolute atomic E-state index is 13.7. The lowest BCUT2D eigenvalue weighted by molar-refractivity contribution is -0.133. The fraction of sp³-hybridized carbons (Fsp3) is 0.469. The van der Waals surface area contributed by atoms with E-state index in [1.54, 1.807) is 18.6 Å².